The molecule has 1 saturated heterocycles. The van der Waals surface area contributed by atoms with Crippen molar-refractivity contribution in [3.05, 3.63) is 53.4 Å². The highest BCUT2D eigenvalue weighted by Gasteiger charge is 2.48. The van der Waals surface area contributed by atoms with Crippen LogP contribution in [0.5, 0.6) is 0 Å². The zero-order valence-corrected chi connectivity index (χ0v) is 28.3. The van der Waals surface area contributed by atoms with Crippen LogP contribution in [0.2, 0.25) is 0 Å². The number of ketones is 2. The van der Waals surface area contributed by atoms with Crippen LogP contribution in [-0.4, -0.2) is 71.3 Å². The number of ether oxygens (including phenoxy) is 1. The van der Waals surface area contributed by atoms with Crippen LogP contribution < -0.4 is 10.6 Å². The summed E-state index contributed by atoms with van der Waals surface area (Å²) in [5.74, 6) is -0.781. The van der Waals surface area contributed by atoms with Crippen molar-refractivity contribution in [3.63, 3.8) is 0 Å². The average Bonchev–Trinajstić information content (AvgIpc) is 3.58. The van der Waals surface area contributed by atoms with Crippen molar-refractivity contribution in [2.45, 2.75) is 105 Å². The van der Waals surface area contributed by atoms with Crippen LogP contribution in [0.1, 0.15) is 95.5 Å². The zero-order chi connectivity index (χ0) is 33.4. The molecule has 2 fully saturated rings. The normalized spacial score (nSPS) is 19.8. The van der Waals surface area contributed by atoms with Gasteiger partial charge in [-0.1, -0.05) is 70.1 Å². The predicted molar refractivity (Wildman–Crippen MR) is 175 cm³/mol. The second-order valence-electron chi connectivity index (χ2n) is 14.4. The topological polar surface area (TPSA) is 131 Å². The van der Waals surface area contributed by atoms with Crippen molar-refractivity contribution < 1.29 is 28.4 Å². The number of aromatic nitrogens is 1. The Hall–Kier alpha value is -3.37. The van der Waals surface area contributed by atoms with Gasteiger partial charge in [-0.15, -0.1) is 0 Å². The van der Waals surface area contributed by atoms with E-state index in [-0.39, 0.29) is 52.9 Å². The van der Waals surface area contributed by atoms with Crippen LogP contribution in [0.4, 0.5) is 0 Å². The van der Waals surface area contributed by atoms with E-state index in [4.69, 9.17) is 9.26 Å². The average molecular weight is 637 g/mol. The Morgan fingerprint density at radius 1 is 1.00 bits per heavy atom. The third-order valence-electron chi connectivity index (χ3n) is 9.14. The molecule has 2 amide bonds. The molecule has 2 heterocycles. The summed E-state index contributed by atoms with van der Waals surface area (Å²) in [5.41, 5.74) is 0.649. The molecule has 0 radical (unpaired) electrons. The van der Waals surface area contributed by atoms with Gasteiger partial charge >= 0.3 is 0 Å². The van der Waals surface area contributed by atoms with Gasteiger partial charge in [0.1, 0.15) is 0 Å². The van der Waals surface area contributed by atoms with E-state index in [2.05, 4.69) is 27.6 Å². The van der Waals surface area contributed by atoms with Gasteiger partial charge in [-0.3, -0.25) is 24.1 Å². The smallest absolute Gasteiger partial charge is 0.274 e. The second kappa shape index (κ2) is 16.0. The van der Waals surface area contributed by atoms with E-state index in [1.54, 1.807) is 6.07 Å². The number of hydrogen-bond donors (Lipinski definition) is 2. The summed E-state index contributed by atoms with van der Waals surface area (Å²) >= 11 is 0. The summed E-state index contributed by atoms with van der Waals surface area (Å²) < 4.78 is 11.0. The molecule has 2 aromatic rings. The number of nitrogens with one attached hydrogen (secondary N) is 2. The molecule has 2 aliphatic rings. The van der Waals surface area contributed by atoms with Crippen molar-refractivity contribution in [2.75, 3.05) is 19.8 Å². The highest BCUT2D eigenvalue weighted by atomic mass is 16.5. The molecular weight excluding hydrogens is 584 g/mol. The largest absolute Gasteiger partial charge is 0.379 e. The lowest BCUT2D eigenvalue weighted by molar-refractivity contribution is -0.134. The summed E-state index contributed by atoms with van der Waals surface area (Å²) in [4.78, 5) is 56.6. The first-order valence-electron chi connectivity index (χ1n) is 16.8. The first kappa shape index (κ1) is 35.5. The molecule has 1 aliphatic heterocycles. The van der Waals surface area contributed by atoms with E-state index in [1.807, 2.05) is 65.0 Å². The van der Waals surface area contributed by atoms with Crippen molar-refractivity contribution in [3.8, 4) is 0 Å². The third kappa shape index (κ3) is 10.1. The SMILES string of the molecule is CC(C)C[C@H](NC(=O)c1cc(CN2CCOCC2C)on1)C(=O)C[C@@H](Cc1ccccc1)C(=O)N[C@@H](CC(C)C)C(=O)C1(C)CC1. The molecule has 0 bridgehead atoms. The highest BCUT2D eigenvalue weighted by molar-refractivity contribution is 5.98. The fraction of sp³-hybridized carbons (Fsp3) is 0.639. The highest BCUT2D eigenvalue weighted by Crippen LogP contribution is 2.47. The molecule has 4 atom stereocenters. The molecule has 1 unspecified atom stereocenters. The van der Waals surface area contributed by atoms with Crippen LogP contribution in [0, 0.1) is 23.2 Å². The summed E-state index contributed by atoms with van der Waals surface area (Å²) in [6, 6.07) is 10.0. The van der Waals surface area contributed by atoms with Gasteiger partial charge in [-0.05, 0) is 56.4 Å². The Labute approximate surface area is 273 Å². The minimum atomic E-state index is -0.809. The number of Topliss-reactive ketones (excluding diaryl/α,β-unsaturated/α-hetero) is 2. The molecule has 0 spiro atoms. The number of amides is 2. The van der Waals surface area contributed by atoms with Gasteiger partial charge in [0.15, 0.2) is 23.0 Å². The summed E-state index contributed by atoms with van der Waals surface area (Å²) in [7, 11) is 0. The fourth-order valence-corrected chi connectivity index (χ4v) is 6.05. The number of morpholine rings is 1. The lowest BCUT2D eigenvalue weighted by atomic mass is 9.87. The number of carbonyl (C=O) groups excluding carboxylic acids is 4. The van der Waals surface area contributed by atoms with Crippen LogP contribution in [0.3, 0.4) is 0 Å². The van der Waals surface area contributed by atoms with Gasteiger partial charge in [-0.2, -0.15) is 0 Å². The van der Waals surface area contributed by atoms with Gasteiger partial charge in [0.2, 0.25) is 5.91 Å². The maximum absolute atomic E-state index is 13.9. The standard InChI is InChI=1S/C36H52N4O6/c1-23(2)16-29(37-35(44)31-20-28(46-39-31)21-40-14-15-45-22-25(40)5)32(41)19-27(18-26-10-8-7-9-11-26)34(43)38-30(17-24(3)4)33(42)36(6)12-13-36/h7-11,20,23-25,27,29-30H,12-19,21-22H2,1-6H3,(H,37,44)(H,38,43)/t25?,27-,29+,30+/m1/s1. The number of rotatable bonds is 17. The van der Waals surface area contributed by atoms with E-state index in [1.165, 1.54) is 0 Å². The molecule has 1 aromatic heterocycles. The Bertz CT molecular complexity index is 1330. The third-order valence-corrected chi connectivity index (χ3v) is 9.14. The molecule has 4 rings (SSSR count). The maximum atomic E-state index is 13.9. The zero-order valence-electron chi connectivity index (χ0n) is 28.3. The molecule has 10 heteroatoms. The predicted octanol–water partition coefficient (Wildman–Crippen LogP) is 4.76. The first-order valence-corrected chi connectivity index (χ1v) is 16.8. The molecular formula is C36H52N4O6. The fourth-order valence-electron chi connectivity index (χ4n) is 6.05. The number of hydrogen-bond acceptors (Lipinski definition) is 8. The van der Waals surface area contributed by atoms with Gasteiger partial charge in [0.25, 0.3) is 5.91 Å². The molecule has 2 N–H and O–H groups in total. The van der Waals surface area contributed by atoms with Crippen LogP contribution in [0.15, 0.2) is 40.9 Å². The molecule has 1 aliphatic carbocycles. The van der Waals surface area contributed by atoms with Crippen molar-refractivity contribution in [2.24, 2.45) is 23.2 Å². The van der Waals surface area contributed by atoms with E-state index < -0.39 is 23.9 Å². The van der Waals surface area contributed by atoms with Crippen LogP contribution in [-0.2, 0) is 32.1 Å². The number of benzene rings is 1. The van der Waals surface area contributed by atoms with E-state index >= 15 is 0 Å². The number of carbonyl (C=O) groups is 4. The van der Waals surface area contributed by atoms with Gasteiger partial charge in [0, 0.05) is 36.4 Å². The Morgan fingerprint density at radius 3 is 2.30 bits per heavy atom. The van der Waals surface area contributed by atoms with E-state index in [0.717, 1.165) is 24.9 Å². The molecule has 1 aromatic carbocycles. The van der Waals surface area contributed by atoms with Gasteiger partial charge in [-0.25, -0.2) is 0 Å². The van der Waals surface area contributed by atoms with Crippen LogP contribution in [0.25, 0.3) is 0 Å². The first-order chi connectivity index (χ1) is 21.8. The summed E-state index contributed by atoms with van der Waals surface area (Å²) in [5, 5.41) is 9.91. The van der Waals surface area contributed by atoms with Crippen molar-refractivity contribution in [1.29, 1.82) is 0 Å². The monoisotopic (exact) mass is 636 g/mol. The summed E-state index contributed by atoms with van der Waals surface area (Å²) in [6.07, 6.45) is 2.89. The Morgan fingerprint density at radius 2 is 1.67 bits per heavy atom. The minimum absolute atomic E-state index is 0.0688. The quantitative estimate of drug-likeness (QED) is 0.254. The molecule has 1 saturated carbocycles. The molecule has 252 valence electrons. The Balaban J connectivity index is 1.47. The van der Waals surface area contributed by atoms with E-state index in [9.17, 15) is 19.2 Å². The maximum Gasteiger partial charge on any atom is 0.274 e. The molecule has 46 heavy (non-hydrogen) atoms. The van der Waals surface area contributed by atoms with E-state index in [0.29, 0.717) is 44.8 Å². The van der Waals surface area contributed by atoms with Crippen molar-refractivity contribution in [1.82, 2.24) is 20.7 Å². The molecule has 10 nitrogen and oxygen atoms in total. The lowest BCUT2D eigenvalue weighted by Crippen LogP contribution is -2.48. The van der Waals surface area contributed by atoms with Crippen LogP contribution >= 0.6 is 0 Å². The van der Waals surface area contributed by atoms with Crippen molar-refractivity contribution >= 4 is 23.4 Å². The lowest BCUT2D eigenvalue weighted by Gasteiger charge is -2.32. The number of nitrogens with zero attached hydrogens (tertiary/aromatic N) is 2. The Kier molecular flexibility index (Phi) is 12.3. The summed E-state index contributed by atoms with van der Waals surface area (Å²) in [6.45, 7) is 14.6. The second-order valence-corrected chi connectivity index (χ2v) is 14.4. The minimum Gasteiger partial charge on any atom is -0.379 e. The van der Waals surface area contributed by atoms with Gasteiger partial charge < -0.3 is 19.9 Å². The van der Waals surface area contributed by atoms with Gasteiger partial charge in [0.05, 0.1) is 31.8 Å².